The van der Waals surface area contributed by atoms with Crippen LogP contribution in [0, 0.1) is 11.8 Å². The van der Waals surface area contributed by atoms with E-state index < -0.39 is 11.5 Å². The predicted molar refractivity (Wildman–Crippen MR) is 187 cm³/mol. The lowest BCUT2D eigenvalue weighted by Crippen LogP contribution is -2.53. The molecule has 2 aromatic carbocycles. The molecule has 3 atom stereocenters. The van der Waals surface area contributed by atoms with Crippen LogP contribution in [-0.2, 0) is 23.1 Å². The van der Waals surface area contributed by atoms with Crippen LogP contribution in [0.3, 0.4) is 0 Å². The summed E-state index contributed by atoms with van der Waals surface area (Å²) in [5.41, 5.74) is 4.89. The maximum atomic E-state index is 12.9. The number of hydrogen-bond donors (Lipinski definition) is 2. The van der Waals surface area contributed by atoms with Crippen LogP contribution in [0.1, 0.15) is 113 Å². The Kier molecular flexibility index (Phi) is 9.17. The summed E-state index contributed by atoms with van der Waals surface area (Å²) >= 11 is 6.28. The molecule has 3 aromatic rings. The van der Waals surface area contributed by atoms with Crippen molar-refractivity contribution in [2.45, 2.75) is 120 Å². The van der Waals surface area contributed by atoms with E-state index in [0.717, 1.165) is 62.1 Å². The molecule has 47 heavy (non-hydrogen) atoms. The number of fused-ring (bicyclic) bond motifs is 3. The third-order valence-electron chi connectivity index (χ3n) is 11.9. The minimum absolute atomic E-state index is 0.0993. The van der Waals surface area contributed by atoms with Crippen molar-refractivity contribution in [2.75, 3.05) is 11.9 Å². The average molecular weight is 657 g/mol. The molecule has 0 bridgehead atoms. The van der Waals surface area contributed by atoms with Crippen LogP contribution in [0.4, 0.5) is 5.69 Å². The Morgan fingerprint density at radius 3 is 2.64 bits per heavy atom. The number of carbonyl (C=O) groups is 1. The summed E-state index contributed by atoms with van der Waals surface area (Å²) in [5, 5.41) is 14.6. The number of rotatable bonds is 10. The van der Waals surface area contributed by atoms with Crippen LogP contribution in [0.5, 0.6) is 11.5 Å². The van der Waals surface area contributed by atoms with Crippen molar-refractivity contribution in [3.05, 3.63) is 82.1 Å². The van der Waals surface area contributed by atoms with Crippen molar-refractivity contribution in [3.63, 3.8) is 0 Å². The van der Waals surface area contributed by atoms with E-state index in [1.54, 1.807) is 0 Å². The van der Waals surface area contributed by atoms with Crippen molar-refractivity contribution < 1.29 is 19.4 Å². The van der Waals surface area contributed by atoms with Crippen molar-refractivity contribution in [2.24, 2.45) is 11.8 Å². The summed E-state index contributed by atoms with van der Waals surface area (Å²) < 4.78 is 13.1. The standard InChI is InChI=1S/C40H49ClN2O4/c1-26(25-46-36-15-20-42-35-12-5-7-27(2)37(35)36)21-29-22-28-13-14-33(47-32-10-3-4-11-32)24-34(28)39(29)16-18-40(19-17-39,38(44)45)43-31-9-6-8-30(41)23-31/h6,8-9,13-15,20,23-24,26-27,29,32,43H,3-5,7,10-12,16-19,21-22,25H2,1-2H3,(H,44,45)/t26-,27-,29+,39?,40?/m1/s1. The number of anilines is 1. The molecular weight excluding hydrogens is 608 g/mol. The molecule has 0 amide bonds. The van der Waals surface area contributed by atoms with Gasteiger partial charge in [-0.1, -0.05) is 37.6 Å². The highest BCUT2D eigenvalue weighted by Crippen LogP contribution is 2.57. The molecule has 2 N–H and O–H groups in total. The first kappa shape index (κ1) is 32.3. The fourth-order valence-corrected chi connectivity index (χ4v) is 9.54. The number of nitrogens with one attached hydrogen (secondary N) is 1. The molecule has 1 heterocycles. The Bertz CT molecular complexity index is 1590. The number of nitrogens with zero attached hydrogens (tertiary/aromatic N) is 1. The molecule has 2 fully saturated rings. The Balaban J connectivity index is 1.13. The molecule has 1 aromatic heterocycles. The monoisotopic (exact) mass is 656 g/mol. The van der Waals surface area contributed by atoms with Gasteiger partial charge in [-0.05, 0) is 154 Å². The lowest BCUT2D eigenvalue weighted by atomic mass is 9.59. The Hall–Kier alpha value is -3.25. The second-order valence-corrected chi connectivity index (χ2v) is 15.5. The summed E-state index contributed by atoms with van der Waals surface area (Å²) in [5.74, 6) is 2.40. The molecule has 0 radical (unpaired) electrons. The number of aromatic nitrogens is 1. The third-order valence-corrected chi connectivity index (χ3v) is 12.1. The molecule has 250 valence electrons. The van der Waals surface area contributed by atoms with E-state index in [0.29, 0.717) is 48.3 Å². The average Bonchev–Trinajstić information content (AvgIpc) is 3.67. The fraction of sp³-hybridized carbons (Fsp3) is 0.550. The summed E-state index contributed by atoms with van der Waals surface area (Å²) in [4.78, 5) is 17.6. The van der Waals surface area contributed by atoms with Crippen molar-refractivity contribution >= 4 is 23.3 Å². The lowest BCUT2D eigenvalue weighted by Gasteiger charge is -2.47. The molecule has 2 saturated carbocycles. The van der Waals surface area contributed by atoms with Crippen LogP contribution in [-0.4, -0.2) is 34.3 Å². The van der Waals surface area contributed by atoms with Gasteiger partial charge in [0.15, 0.2) is 0 Å². The minimum Gasteiger partial charge on any atom is -0.493 e. The second-order valence-electron chi connectivity index (χ2n) is 15.0. The van der Waals surface area contributed by atoms with Gasteiger partial charge in [0.05, 0.1) is 12.7 Å². The molecule has 0 saturated heterocycles. The summed E-state index contributed by atoms with van der Waals surface area (Å²) in [6.45, 7) is 5.27. The number of halogens is 1. The Morgan fingerprint density at radius 1 is 1.06 bits per heavy atom. The highest BCUT2D eigenvalue weighted by atomic mass is 35.5. The van der Waals surface area contributed by atoms with Crippen LogP contribution in [0.2, 0.25) is 5.02 Å². The highest BCUT2D eigenvalue weighted by Gasteiger charge is 2.54. The summed E-state index contributed by atoms with van der Waals surface area (Å²) in [6, 6.07) is 16.2. The molecule has 4 aliphatic rings. The van der Waals surface area contributed by atoms with E-state index in [4.69, 9.17) is 21.1 Å². The smallest absolute Gasteiger partial charge is 0.329 e. The number of benzene rings is 2. The van der Waals surface area contributed by atoms with E-state index in [2.05, 4.69) is 42.3 Å². The van der Waals surface area contributed by atoms with Gasteiger partial charge < -0.3 is 19.9 Å². The van der Waals surface area contributed by atoms with Gasteiger partial charge in [-0.2, -0.15) is 0 Å². The van der Waals surface area contributed by atoms with Crippen LogP contribution in [0.25, 0.3) is 0 Å². The van der Waals surface area contributed by atoms with E-state index in [1.165, 1.54) is 48.1 Å². The Labute approximate surface area is 284 Å². The zero-order valence-electron chi connectivity index (χ0n) is 27.9. The highest BCUT2D eigenvalue weighted by molar-refractivity contribution is 6.30. The van der Waals surface area contributed by atoms with Crippen molar-refractivity contribution in [1.29, 1.82) is 0 Å². The van der Waals surface area contributed by atoms with E-state index in [9.17, 15) is 9.90 Å². The topological polar surface area (TPSA) is 80.7 Å². The maximum absolute atomic E-state index is 12.9. The molecule has 0 aliphatic heterocycles. The first-order valence-corrected chi connectivity index (χ1v) is 18.3. The van der Waals surface area contributed by atoms with E-state index >= 15 is 0 Å². The number of aliphatic carboxylic acids is 1. The summed E-state index contributed by atoms with van der Waals surface area (Å²) in [7, 11) is 0. The van der Waals surface area contributed by atoms with Gasteiger partial charge >= 0.3 is 5.97 Å². The van der Waals surface area contributed by atoms with Gasteiger partial charge in [-0.15, -0.1) is 0 Å². The molecule has 7 rings (SSSR count). The summed E-state index contributed by atoms with van der Waals surface area (Å²) in [6.07, 6.45) is 15.1. The first-order chi connectivity index (χ1) is 22.7. The minimum atomic E-state index is -1.03. The lowest BCUT2D eigenvalue weighted by molar-refractivity contribution is -0.144. The van der Waals surface area contributed by atoms with E-state index in [1.807, 2.05) is 36.5 Å². The second kappa shape index (κ2) is 13.3. The molecule has 7 heteroatoms. The number of pyridine rings is 1. The van der Waals surface area contributed by atoms with Gasteiger partial charge in [0.1, 0.15) is 17.0 Å². The zero-order valence-corrected chi connectivity index (χ0v) is 28.7. The third kappa shape index (κ3) is 6.47. The molecule has 1 spiro atoms. The molecule has 6 nitrogen and oxygen atoms in total. The normalized spacial score (nSPS) is 27.6. The van der Waals surface area contributed by atoms with Crippen molar-refractivity contribution in [1.82, 2.24) is 4.98 Å². The zero-order chi connectivity index (χ0) is 32.6. The molecule has 4 aliphatic carbocycles. The van der Waals surface area contributed by atoms with Gasteiger partial charge in [-0.25, -0.2) is 4.79 Å². The van der Waals surface area contributed by atoms with Crippen LogP contribution >= 0.6 is 11.6 Å². The maximum Gasteiger partial charge on any atom is 0.329 e. The fourth-order valence-electron chi connectivity index (χ4n) is 9.35. The van der Waals surface area contributed by atoms with Gasteiger partial charge in [-0.3, -0.25) is 4.98 Å². The largest absolute Gasteiger partial charge is 0.493 e. The SMILES string of the molecule is C[C@@H](COc1ccnc2c1[C@H](C)CCC2)C[C@H]1Cc2ccc(OC3CCCC3)cc2C12CCC(Nc1cccc(Cl)c1)(C(=O)O)CC2. The number of hydrogen-bond acceptors (Lipinski definition) is 5. The molecule has 0 unspecified atom stereocenters. The number of carboxylic acids is 1. The molecular formula is C40H49ClN2O4. The number of ether oxygens (including phenoxy) is 2. The van der Waals surface area contributed by atoms with Crippen molar-refractivity contribution in [3.8, 4) is 11.5 Å². The quantitative estimate of drug-likeness (QED) is 0.226. The van der Waals surface area contributed by atoms with Crippen LogP contribution in [0.15, 0.2) is 54.7 Å². The first-order valence-electron chi connectivity index (χ1n) is 17.9. The number of carboxylic acid groups (broad SMARTS) is 1. The van der Waals surface area contributed by atoms with E-state index in [-0.39, 0.29) is 5.41 Å². The van der Waals surface area contributed by atoms with Gasteiger partial charge in [0.2, 0.25) is 0 Å². The van der Waals surface area contributed by atoms with Gasteiger partial charge in [0, 0.05) is 28.2 Å². The number of aryl methyl sites for hydroxylation is 1. The predicted octanol–water partition coefficient (Wildman–Crippen LogP) is 9.52. The van der Waals surface area contributed by atoms with Gasteiger partial charge in [0.25, 0.3) is 0 Å². The van der Waals surface area contributed by atoms with Crippen LogP contribution < -0.4 is 14.8 Å². The Morgan fingerprint density at radius 2 is 1.87 bits per heavy atom.